The van der Waals surface area contributed by atoms with Gasteiger partial charge in [0.15, 0.2) is 0 Å². The average Bonchev–Trinajstić information content (AvgIpc) is 2.88. The fourth-order valence-electron chi connectivity index (χ4n) is 2.98. The zero-order valence-electron chi connectivity index (χ0n) is 11.2. The van der Waals surface area contributed by atoms with Crippen molar-refractivity contribution in [3.8, 4) is 0 Å². The first-order valence-corrected chi connectivity index (χ1v) is 6.81. The van der Waals surface area contributed by atoms with E-state index in [4.69, 9.17) is 0 Å². The fourth-order valence-corrected chi connectivity index (χ4v) is 2.98. The van der Waals surface area contributed by atoms with Gasteiger partial charge in [0.05, 0.1) is 36.3 Å². The summed E-state index contributed by atoms with van der Waals surface area (Å²) in [6.07, 6.45) is 2.65. The second-order valence-electron chi connectivity index (χ2n) is 5.56. The van der Waals surface area contributed by atoms with E-state index in [2.05, 4.69) is 14.9 Å². The van der Waals surface area contributed by atoms with Crippen molar-refractivity contribution in [1.82, 2.24) is 19.8 Å². The summed E-state index contributed by atoms with van der Waals surface area (Å²) in [4.78, 5) is 23.8. The number of carbonyl (C=O) groups is 1. The summed E-state index contributed by atoms with van der Waals surface area (Å²) in [5.41, 5.74) is 2.09. The molecule has 0 bridgehead atoms. The van der Waals surface area contributed by atoms with Gasteiger partial charge in [0.25, 0.3) is 0 Å². The van der Waals surface area contributed by atoms with Crippen LogP contribution in [0.25, 0.3) is 0 Å². The Balaban J connectivity index is 1.71. The van der Waals surface area contributed by atoms with Gasteiger partial charge in [-0.2, -0.15) is 0 Å². The molecule has 1 saturated heterocycles. The highest BCUT2D eigenvalue weighted by molar-refractivity contribution is 5.80. The predicted molar refractivity (Wildman–Crippen MR) is 69.3 cm³/mol. The standard InChI is InChI=1S/C13H20N4O2/c1-16-4-3-12(18)9(6-16)13(19)17-5-2-10-11(7-17)15-8-14-10/h8-9,12,18H,2-7H2,1H3,(H,14,15)/t9-,12-/m1/s1. The van der Waals surface area contributed by atoms with Gasteiger partial charge in [0, 0.05) is 26.1 Å². The molecule has 0 aromatic carbocycles. The predicted octanol–water partition coefficient (Wildman–Crippen LogP) is -0.393. The van der Waals surface area contributed by atoms with E-state index in [9.17, 15) is 9.90 Å². The Bertz CT molecular complexity index is 473. The first-order valence-electron chi connectivity index (χ1n) is 6.81. The van der Waals surface area contributed by atoms with E-state index in [1.54, 1.807) is 6.33 Å². The van der Waals surface area contributed by atoms with Gasteiger partial charge < -0.3 is 19.9 Å². The molecular weight excluding hydrogens is 244 g/mol. The highest BCUT2D eigenvalue weighted by Gasteiger charge is 2.35. The lowest BCUT2D eigenvalue weighted by Gasteiger charge is -2.37. The zero-order valence-corrected chi connectivity index (χ0v) is 11.2. The van der Waals surface area contributed by atoms with Crippen LogP contribution in [0.15, 0.2) is 6.33 Å². The number of nitrogens with zero attached hydrogens (tertiary/aromatic N) is 3. The van der Waals surface area contributed by atoms with Gasteiger partial charge in [-0.25, -0.2) is 4.98 Å². The molecule has 0 unspecified atom stereocenters. The Morgan fingerprint density at radius 2 is 2.37 bits per heavy atom. The number of amides is 1. The lowest BCUT2D eigenvalue weighted by molar-refractivity contribution is -0.143. The average molecular weight is 264 g/mol. The summed E-state index contributed by atoms with van der Waals surface area (Å²) in [6.45, 7) is 2.78. The van der Waals surface area contributed by atoms with Crippen LogP contribution in [-0.2, 0) is 17.8 Å². The minimum atomic E-state index is -0.508. The molecule has 1 aromatic heterocycles. The number of piperidine rings is 1. The summed E-state index contributed by atoms with van der Waals surface area (Å²) < 4.78 is 0. The smallest absolute Gasteiger partial charge is 0.229 e. The van der Waals surface area contributed by atoms with E-state index in [0.29, 0.717) is 26.1 Å². The second kappa shape index (κ2) is 4.94. The quantitative estimate of drug-likeness (QED) is 0.724. The van der Waals surface area contributed by atoms with E-state index in [1.165, 1.54) is 0 Å². The van der Waals surface area contributed by atoms with Gasteiger partial charge in [-0.3, -0.25) is 4.79 Å². The molecule has 3 heterocycles. The first kappa shape index (κ1) is 12.6. The Hall–Kier alpha value is -1.40. The summed E-state index contributed by atoms with van der Waals surface area (Å²) in [7, 11) is 2.00. The number of hydrogen-bond acceptors (Lipinski definition) is 4. The lowest BCUT2D eigenvalue weighted by atomic mass is 9.93. The van der Waals surface area contributed by atoms with E-state index in [1.807, 2.05) is 11.9 Å². The third kappa shape index (κ3) is 2.37. The highest BCUT2D eigenvalue weighted by Crippen LogP contribution is 2.22. The van der Waals surface area contributed by atoms with Crippen LogP contribution in [0.2, 0.25) is 0 Å². The van der Waals surface area contributed by atoms with Crippen LogP contribution in [0.1, 0.15) is 17.8 Å². The molecule has 6 nitrogen and oxygen atoms in total. The van der Waals surface area contributed by atoms with E-state index in [-0.39, 0.29) is 11.8 Å². The van der Waals surface area contributed by atoms with Gasteiger partial charge in [0.2, 0.25) is 5.91 Å². The summed E-state index contributed by atoms with van der Waals surface area (Å²) in [5.74, 6) is -0.220. The van der Waals surface area contributed by atoms with Gasteiger partial charge in [-0.05, 0) is 13.5 Å². The molecule has 1 amide bonds. The molecule has 104 valence electrons. The molecule has 6 heteroatoms. The largest absolute Gasteiger partial charge is 0.392 e. The summed E-state index contributed by atoms with van der Waals surface area (Å²) >= 11 is 0. The molecule has 2 aliphatic heterocycles. The number of hydrogen-bond donors (Lipinski definition) is 2. The number of rotatable bonds is 1. The third-order valence-corrected chi connectivity index (χ3v) is 4.18. The third-order valence-electron chi connectivity index (χ3n) is 4.18. The number of fused-ring (bicyclic) bond motifs is 1. The fraction of sp³-hybridized carbons (Fsp3) is 0.692. The summed E-state index contributed by atoms with van der Waals surface area (Å²) in [6, 6.07) is 0. The number of carbonyl (C=O) groups excluding carboxylic acids is 1. The van der Waals surface area contributed by atoms with Gasteiger partial charge in [-0.15, -0.1) is 0 Å². The maximum atomic E-state index is 12.5. The van der Waals surface area contributed by atoms with Crippen molar-refractivity contribution in [2.24, 2.45) is 5.92 Å². The Labute approximate surface area is 112 Å². The number of aliphatic hydroxyl groups is 1. The number of likely N-dealkylation sites (tertiary alicyclic amines) is 1. The number of nitrogens with one attached hydrogen (secondary N) is 1. The summed E-state index contributed by atoms with van der Waals surface area (Å²) in [5, 5.41) is 10.0. The van der Waals surface area contributed by atoms with Crippen molar-refractivity contribution in [3.63, 3.8) is 0 Å². The Morgan fingerprint density at radius 3 is 3.21 bits per heavy atom. The van der Waals surface area contributed by atoms with E-state index < -0.39 is 6.10 Å². The number of aromatic nitrogens is 2. The van der Waals surface area contributed by atoms with Crippen molar-refractivity contribution >= 4 is 5.91 Å². The minimum absolute atomic E-state index is 0.0688. The highest BCUT2D eigenvalue weighted by atomic mass is 16.3. The van der Waals surface area contributed by atoms with Crippen LogP contribution in [0, 0.1) is 5.92 Å². The molecule has 0 saturated carbocycles. The maximum Gasteiger partial charge on any atom is 0.229 e. The van der Waals surface area contributed by atoms with Crippen molar-refractivity contribution in [2.45, 2.75) is 25.5 Å². The molecule has 1 aromatic rings. The van der Waals surface area contributed by atoms with Crippen molar-refractivity contribution in [1.29, 1.82) is 0 Å². The lowest BCUT2D eigenvalue weighted by Crippen LogP contribution is -2.50. The van der Waals surface area contributed by atoms with Crippen LogP contribution >= 0.6 is 0 Å². The minimum Gasteiger partial charge on any atom is -0.392 e. The van der Waals surface area contributed by atoms with Crippen LogP contribution in [0.4, 0.5) is 0 Å². The normalized spacial score (nSPS) is 28.2. The molecule has 2 atom stereocenters. The molecule has 0 aliphatic carbocycles. The van der Waals surface area contributed by atoms with Gasteiger partial charge in [0.1, 0.15) is 0 Å². The number of aromatic amines is 1. The Morgan fingerprint density at radius 1 is 1.53 bits per heavy atom. The topological polar surface area (TPSA) is 72.5 Å². The monoisotopic (exact) mass is 264 g/mol. The van der Waals surface area contributed by atoms with Crippen molar-refractivity contribution in [2.75, 3.05) is 26.7 Å². The van der Waals surface area contributed by atoms with Crippen molar-refractivity contribution < 1.29 is 9.90 Å². The van der Waals surface area contributed by atoms with E-state index in [0.717, 1.165) is 24.4 Å². The molecule has 0 radical (unpaired) electrons. The second-order valence-corrected chi connectivity index (χ2v) is 5.56. The molecule has 19 heavy (non-hydrogen) atoms. The zero-order chi connectivity index (χ0) is 13.4. The van der Waals surface area contributed by atoms with Crippen LogP contribution in [-0.4, -0.2) is 63.6 Å². The molecule has 3 rings (SSSR count). The van der Waals surface area contributed by atoms with Crippen LogP contribution in [0.3, 0.4) is 0 Å². The Kier molecular flexibility index (Phi) is 3.28. The molecule has 0 spiro atoms. The maximum absolute atomic E-state index is 12.5. The van der Waals surface area contributed by atoms with E-state index >= 15 is 0 Å². The van der Waals surface area contributed by atoms with Crippen LogP contribution in [0.5, 0.6) is 0 Å². The molecule has 2 N–H and O–H groups in total. The molecule has 1 fully saturated rings. The number of imidazole rings is 1. The van der Waals surface area contributed by atoms with Gasteiger partial charge in [-0.1, -0.05) is 0 Å². The first-order chi connectivity index (χ1) is 9.15. The molecular formula is C13H20N4O2. The number of aliphatic hydroxyl groups excluding tert-OH is 1. The van der Waals surface area contributed by atoms with Crippen LogP contribution < -0.4 is 0 Å². The molecule has 2 aliphatic rings. The SMILES string of the molecule is CN1CC[C@@H](O)[C@H](C(=O)N2CCc3nc[nH]c3C2)C1. The van der Waals surface area contributed by atoms with Crippen molar-refractivity contribution in [3.05, 3.63) is 17.7 Å². The van der Waals surface area contributed by atoms with Gasteiger partial charge >= 0.3 is 0 Å². The number of H-pyrrole nitrogens is 1.